The largest absolute Gasteiger partial charge is 0.497 e. The summed E-state index contributed by atoms with van der Waals surface area (Å²) in [6, 6.07) is 13.0. The third kappa shape index (κ3) is 2.03. The van der Waals surface area contributed by atoms with Crippen LogP contribution < -0.4 is 4.74 Å². The summed E-state index contributed by atoms with van der Waals surface area (Å²) in [5.74, 6) is 0.779. The highest BCUT2D eigenvalue weighted by atomic mass is 35.5. The topological polar surface area (TPSA) is 46.8 Å². The number of aliphatic hydroxyl groups is 1. The van der Waals surface area contributed by atoms with E-state index in [-0.39, 0.29) is 6.61 Å². The van der Waals surface area contributed by atoms with E-state index in [4.69, 9.17) is 16.3 Å². The first-order valence-corrected chi connectivity index (χ1v) is 6.53. The molecule has 0 unspecified atom stereocenters. The molecule has 3 rings (SSSR count). The normalized spacial score (nSPS) is 10.9. The van der Waals surface area contributed by atoms with Gasteiger partial charge in [0.15, 0.2) is 0 Å². The monoisotopic (exact) mass is 288 g/mol. The lowest BCUT2D eigenvalue weighted by atomic mass is 10.1. The molecule has 0 saturated heterocycles. The second-order valence-corrected chi connectivity index (χ2v) is 4.72. The SMILES string of the molecule is COc1ccc(-c2nc3cccc(Cl)n3c2CO)cc1. The molecule has 1 N–H and O–H groups in total. The van der Waals surface area contributed by atoms with Gasteiger partial charge in [0.25, 0.3) is 0 Å². The molecule has 1 aromatic carbocycles. The molecule has 0 bridgehead atoms. The first-order valence-electron chi connectivity index (χ1n) is 6.15. The highest BCUT2D eigenvalue weighted by Crippen LogP contribution is 2.28. The predicted octanol–water partition coefficient (Wildman–Crippen LogP) is 3.16. The molecule has 20 heavy (non-hydrogen) atoms. The minimum absolute atomic E-state index is 0.133. The maximum Gasteiger partial charge on any atom is 0.138 e. The van der Waals surface area contributed by atoms with E-state index in [1.165, 1.54) is 0 Å². The Morgan fingerprint density at radius 2 is 1.95 bits per heavy atom. The Bertz CT molecular complexity index is 750. The molecule has 0 spiro atoms. The Labute approximate surface area is 121 Å². The summed E-state index contributed by atoms with van der Waals surface area (Å²) in [7, 11) is 1.62. The number of nitrogens with zero attached hydrogens (tertiary/aromatic N) is 2. The highest BCUT2D eigenvalue weighted by Gasteiger charge is 2.14. The number of pyridine rings is 1. The second-order valence-electron chi connectivity index (χ2n) is 4.34. The van der Waals surface area contributed by atoms with Gasteiger partial charge in [-0.05, 0) is 36.4 Å². The Morgan fingerprint density at radius 1 is 1.20 bits per heavy atom. The van der Waals surface area contributed by atoms with Gasteiger partial charge in [0, 0.05) is 5.56 Å². The number of hydrogen-bond donors (Lipinski definition) is 1. The van der Waals surface area contributed by atoms with E-state index in [2.05, 4.69) is 4.98 Å². The van der Waals surface area contributed by atoms with Crippen molar-refractivity contribution in [1.29, 1.82) is 0 Å². The molecule has 2 heterocycles. The molecule has 3 aromatic rings. The van der Waals surface area contributed by atoms with Gasteiger partial charge in [0.2, 0.25) is 0 Å². The van der Waals surface area contributed by atoms with E-state index in [9.17, 15) is 5.11 Å². The number of imidazole rings is 1. The lowest BCUT2D eigenvalue weighted by molar-refractivity contribution is 0.276. The third-order valence-corrected chi connectivity index (χ3v) is 3.50. The molecule has 0 atom stereocenters. The molecule has 5 heteroatoms. The van der Waals surface area contributed by atoms with Crippen LogP contribution in [0.1, 0.15) is 5.69 Å². The van der Waals surface area contributed by atoms with Crippen LogP contribution in [0.5, 0.6) is 5.75 Å². The van der Waals surface area contributed by atoms with Gasteiger partial charge in [-0.2, -0.15) is 0 Å². The van der Waals surface area contributed by atoms with Crippen LogP contribution in [0.3, 0.4) is 0 Å². The first-order chi connectivity index (χ1) is 9.74. The van der Waals surface area contributed by atoms with E-state index < -0.39 is 0 Å². The van der Waals surface area contributed by atoms with Crippen molar-refractivity contribution in [2.75, 3.05) is 7.11 Å². The van der Waals surface area contributed by atoms with Crippen molar-refractivity contribution in [3.05, 3.63) is 53.3 Å². The van der Waals surface area contributed by atoms with E-state index in [1.807, 2.05) is 36.4 Å². The van der Waals surface area contributed by atoms with E-state index >= 15 is 0 Å². The summed E-state index contributed by atoms with van der Waals surface area (Å²) in [5.41, 5.74) is 3.03. The Morgan fingerprint density at radius 3 is 2.60 bits per heavy atom. The average Bonchev–Trinajstić information content (AvgIpc) is 2.87. The van der Waals surface area contributed by atoms with Crippen LogP contribution in [0.15, 0.2) is 42.5 Å². The van der Waals surface area contributed by atoms with Gasteiger partial charge < -0.3 is 9.84 Å². The van der Waals surface area contributed by atoms with Crippen LogP contribution in [0.25, 0.3) is 16.9 Å². The molecule has 2 aromatic heterocycles. The molecule has 0 aliphatic rings. The van der Waals surface area contributed by atoms with Crippen molar-refractivity contribution in [1.82, 2.24) is 9.38 Å². The number of rotatable bonds is 3. The molecule has 0 aliphatic carbocycles. The zero-order valence-corrected chi connectivity index (χ0v) is 11.6. The number of ether oxygens (including phenoxy) is 1. The average molecular weight is 289 g/mol. The molecular weight excluding hydrogens is 276 g/mol. The molecule has 0 amide bonds. The molecule has 0 radical (unpaired) electrons. The lowest BCUT2D eigenvalue weighted by Gasteiger charge is -2.04. The van der Waals surface area contributed by atoms with E-state index in [0.717, 1.165) is 17.0 Å². The zero-order chi connectivity index (χ0) is 14.1. The van der Waals surface area contributed by atoms with Crippen molar-refractivity contribution in [3.63, 3.8) is 0 Å². The summed E-state index contributed by atoms with van der Waals surface area (Å²) < 4.78 is 6.89. The summed E-state index contributed by atoms with van der Waals surface area (Å²) in [5, 5.41) is 10.2. The van der Waals surface area contributed by atoms with Crippen LogP contribution >= 0.6 is 11.6 Å². The fourth-order valence-corrected chi connectivity index (χ4v) is 2.50. The summed E-state index contributed by atoms with van der Waals surface area (Å²) >= 11 is 6.18. The van der Waals surface area contributed by atoms with Gasteiger partial charge in [-0.25, -0.2) is 4.98 Å². The van der Waals surface area contributed by atoms with Gasteiger partial charge in [-0.3, -0.25) is 4.40 Å². The van der Waals surface area contributed by atoms with Gasteiger partial charge in [0.05, 0.1) is 25.1 Å². The minimum Gasteiger partial charge on any atom is -0.497 e. The van der Waals surface area contributed by atoms with Crippen molar-refractivity contribution in [2.45, 2.75) is 6.61 Å². The molecular formula is C15H13ClN2O2. The second kappa shape index (κ2) is 5.15. The Balaban J connectivity index is 2.22. The lowest BCUT2D eigenvalue weighted by Crippen LogP contribution is -1.95. The quantitative estimate of drug-likeness (QED) is 0.753. The number of hydrogen-bond acceptors (Lipinski definition) is 3. The van der Waals surface area contributed by atoms with E-state index in [1.54, 1.807) is 17.6 Å². The number of benzene rings is 1. The summed E-state index contributed by atoms with van der Waals surface area (Å²) in [6.07, 6.45) is 0. The van der Waals surface area contributed by atoms with Gasteiger partial charge >= 0.3 is 0 Å². The third-order valence-electron chi connectivity index (χ3n) is 3.20. The molecule has 102 valence electrons. The van der Waals surface area contributed by atoms with Crippen LogP contribution in [-0.2, 0) is 6.61 Å². The Kier molecular flexibility index (Phi) is 3.34. The van der Waals surface area contributed by atoms with Crippen molar-refractivity contribution < 1.29 is 9.84 Å². The number of methoxy groups -OCH3 is 1. The van der Waals surface area contributed by atoms with Crippen LogP contribution in [0.2, 0.25) is 5.15 Å². The van der Waals surface area contributed by atoms with Crippen LogP contribution in [-0.4, -0.2) is 21.6 Å². The smallest absolute Gasteiger partial charge is 0.138 e. The van der Waals surface area contributed by atoms with Gasteiger partial charge in [-0.1, -0.05) is 17.7 Å². The number of halogens is 1. The molecule has 4 nitrogen and oxygen atoms in total. The summed E-state index contributed by atoms with van der Waals surface area (Å²) in [6.45, 7) is -0.133. The fraction of sp³-hybridized carbons (Fsp3) is 0.133. The minimum atomic E-state index is -0.133. The van der Waals surface area contributed by atoms with Crippen LogP contribution in [0, 0.1) is 0 Å². The highest BCUT2D eigenvalue weighted by molar-refractivity contribution is 6.29. The van der Waals surface area contributed by atoms with Gasteiger partial charge in [0.1, 0.15) is 16.5 Å². The zero-order valence-electron chi connectivity index (χ0n) is 10.9. The molecule has 0 aliphatic heterocycles. The molecule has 0 saturated carbocycles. The summed E-state index contributed by atoms with van der Waals surface area (Å²) in [4.78, 5) is 4.55. The van der Waals surface area contributed by atoms with Gasteiger partial charge in [-0.15, -0.1) is 0 Å². The standard InChI is InChI=1S/C15H13ClN2O2/c1-20-11-7-5-10(6-8-11)15-12(9-19)18-13(16)3-2-4-14(18)17-15/h2-8,19H,9H2,1H3. The maximum atomic E-state index is 9.65. The van der Waals surface area contributed by atoms with Crippen molar-refractivity contribution in [3.8, 4) is 17.0 Å². The van der Waals surface area contributed by atoms with Crippen molar-refractivity contribution in [2.24, 2.45) is 0 Å². The fourth-order valence-electron chi connectivity index (χ4n) is 2.24. The first kappa shape index (κ1) is 13.0. The van der Waals surface area contributed by atoms with Crippen LogP contribution in [0.4, 0.5) is 0 Å². The van der Waals surface area contributed by atoms with Crippen molar-refractivity contribution >= 4 is 17.2 Å². The maximum absolute atomic E-state index is 9.65. The number of fused-ring (bicyclic) bond motifs is 1. The predicted molar refractivity (Wildman–Crippen MR) is 78.1 cm³/mol. The van der Waals surface area contributed by atoms with E-state index in [0.29, 0.717) is 16.5 Å². The number of aliphatic hydroxyl groups excluding tert-OH is 1. The Hall–Kier alpha value is -2.04. The number of aromatic nitrogens is 2. The molecule has 0 fully saturated rings.